The first-order chi connectivity index (χ1) is 55.9. The smallest absolute Gasteiger partial charge is 0.456 e. The number of ether oxygens (including phenoxy) is 12. The summed E-state index contributed by atoms with van der Waals surface area (Å²) in [4.78, 5) is 17.9. The maximum Gasteiger partial charge on any atom is 0.483 e. The molecule has 6 aromatic rings. The van der Waals surface area contributed by atoms with Crippen LogP contribution in [0.2, 0.25) is 0 Å². The highest BCUT2D eigenvalue weighted by Gasteiger charge is 2.81. The van der Waals surface area contributed by atoms with E-state index in [-0.39, 0.29) is 9.80 Å². The van der Waals surface area contributed by atoms with Gasteiger partial charge in [-0.05, 0) is 22.9 Å². The molecule has 0 spiro atoms. The number of fused-ring (bicyclic) bond motifs is 6. The van der Waals surface area contributed by atoms with Crippen LogP contribution in [0.5, 0.6) is 24.0 Å². The lowest BCUT2D eigenvalue weighted by Crippen LogP contribution is -2.58. The van der Waals surface area contributed by atoms with Gasteiger partial charge in [0.15, 0.2) is 26.4 Å². The molecule has 0 unspecified atom stereocenters. The molecule has 0 saturated carbocycles. The molecular weight excluding hydrogens is 1940 g/mol. The van der Waals surface area contributed by atoms with Crippen LogP contribution in [0, 0.1) is 0 Å². The zero-order valence-corrected chi connectivity index (χ0v) is 56.9. The van der Waals surface area contributed by atoms with Crippen LogP contribution in [-0.4, -0.2) is 202 Å². The van der Waals surface area contributed by atoms with Gasteiger partial charge >= 0.3 is 170 Å². The minimum Gasteiger partial charge on any atom is -0.456 e. The second kappa shape index (κ2) is 32.2. The molecule has 72 heteroatoms. The quantitative estimate of drug-likeness (QED) is 0.0331. The molecule has 1 aliphatic rings. The third-order valence-corrected chi connectivity index (χ3v) is 14.2. The molecule has 7 rings (SSSR count). The number of hydrogen-bond acceptors (Lipinski definition) is 20. The summed E-state index contributed by atoms with van der Waals surface area (Å²) in [6.07, 6.45) is -155. The number of halogens is 52. The van der Waals surface area contributed by atoms with E-state index in [1.54, 1.807) is 0 Å². The fraction of sp³-hybridized carbons (Fsp3) is 0.519. The van der Waals surface area contributed by atoms with Crippen LogP contribution in [0.1, 0.15) is 0 Å². The van der Waals surface area contributed by atoms with E-state index >= 15 is 70.2 Å². The molecule has 4 aromatic carbocycles. The van der Waals surface area contributed by atoms with Crippen LogP contribution in [0.25, 0.3) is 21.5 Å². The van der Waals surface area contributed by atoms with Gasteiger partial charge < -0.3 is 18.9 Å². The summed E-state index contributed by atoms with van der Waals surface area (Å²) in [5.74, 6) is -32.6. The molecule has 126 heavy (non-hydrogen) atoms. The largest absolute Gasteiger partial charge is 0.483 e. The van der Waals surface area contributed by atoms with Crippen molar-refractivity contribution >= 4 is 56.2 Å². The minimum absolute atomic E-state index is 0.0216. The van der Waals surface area contributed by atoms with E-state index in [0.29, 0.717) is 36.4 Å². The molecule has 2 aromatic heterocycles. The van der Waals surface area contributed by atoms with Crippen molar-refractivity contribution < 1.29 is 285 Å². The van der Waals surface area contributed by atoms with Crippen LogP contribution in [0.15, 0.2) is 72.8 Å². The Bertz CT molecular complexity index is 4400. The Morgan fingerprint density at radius 2 is 0.373 bits per heavy atom. The van der Waals surface area contributed by atoms with Crippen molar-refractivity contribution in [2.24, 2.45) is 0 Å². The van der Waals surface area contributed by atoms with Crippen LogP contribution >= 0.6 is 0 Å². The Balaban J connectivity index is 1.48. The molecule has 3 heterocycles. The average Bonchev–Trinajstić information content (AvgIpc) is 0.704. The van der Waals surface area contributed by atoms with Crippen molar-refractivity contribution in [1.82, 2.24) is 29.9 Å². The van der Waals surface area contributed by atoms with Crippen LogP contribution in [0.4, 0.5) is 263 Å². The summed E-state index contributed by atoms with van der Waals surface area (Å²) >= 11 is 0. The standard InChI is InChI=1S/C54H20F52N8O12/c55-31(56,39(75,76)119-47(91,92)51(99,100)123-43(83,84)35(63,64)65)13-115-27-107-25(108-28(111-27)116-14-32(57,58)40(77,78)120-48(93,94)52(101,102)124-44(85,86)36(66,67)68)113-22-12-10-18-6-2-4-8-20(18)24(22)114(21-11-9-17-5-1-3-7-19(17)23(21)113)26-109-29(117-15-33(59,60)41(79,80)121-49(95,96)53(103,104)125-45(87,88)37(69,70)71)112-30(110-26)118-16-34(61,62)42(81,82)122-50(97,98)54(105,106)126-46(89,90)38(72,73)74/h1-12H,13-16H2. The predicted octanol–water partition coefficient (Wildman–Crippen LogP) is 21.5. The van der Waals surface area contributed by atoms with Crippen LogP contribution in [-0.2, 0) is 37.9 Å². The molecule has 0 bridgehead atoms. The number of rotatable bonds is 38. The first-order valence-electron chi connectivity index (χ1n) is 30.0. The van der Waals surface area contributed by atoms with Gasteiger partial charge in [0.2, 0.25) is 11.9 Å². The molecule has 0 saturated heterocycles. The fourth-order valence-electron chi connectivity index (χ4n) is 8.34. The Morgan fingerprint density at radius 3 is 0.556 bits per heavy atom. The van der Waals surface area contributed by atoms with Crippen molar-refractivity contribution in [3.05, 3.63) is 72.8 Å². The van der Waals surface area contributed by atoms with Gasteiger partial charge in [-0.25, -0.2) is 37.9 Å². The van der Waals surface area contributed by atoms with E-state index in [2.05, 4.69) is 48.9 Å². The molecular formula is C54H20F52N8O12. The summed E-state index contributed by atoms with van der Waals surface area (Å²) in [6, 6.07) is -2.41. The van der Waals surface area contributed by atoms with E-state index in [4.69, 9.17) is 0 Å². The Morgan fingerprint density at radius 1 is 0.198 bits per heavy atom. The van der Waals surface area contributed by atoms with Crippen molar-refractivity contribution in [2.45, 2.75) is 146 Å². The lowest BCUT2D eigenvalue weighted by molar-refractivity contribution is -0.546. The second-order valence-corrected chi connectivity index (χ2v) is 23.4. The Hall–Kier alpha value is -9.74. The molecule has 712 valence electrons. The zero-order chi connectivity index (χ0) is 97.3. The van der Waals surface area contributed by atoms with E-state index in [1.165, 1.54) is 18.9 Å². The van der Waals surface area contributed by atoms with E-state index < -0.39 is 253 Å². The Labute approximate surface area is 650 Å². The van der Waals surface area contributed by atoms with E-state index in [9.17, 15) is 158 Å². The summed E-state index contributed by atoms with van der Waals surface area (Å²) in [5.41, 5.74) is -5.33. The molecule has 0 radical (unpaired) electrons. The molecule has 0 aliphatic carbocycles. The Kier molecular flexibility index (Phi) is 26.4. The van der Waals surface area contributed by atoms with Gasteiger partial charge in [-0.3, -0.25) is 9.80 Å². The second-order valence-electron chi connectivity index (χ2n) is 23.4. The number of hydrogen-bond donors (Lipinski definition) is 0. The first kappa shape index (κ1) is 103. The van der Waals surface area contributed by atoms with Gasteiger partial charge in [-0.1, -0.05) is 60.7 Å². The highest BCUT2D eigenvalue weighted by atomic mass is 19.5. The molecule has 0 N–H and O–H groups in total. The lowest BCUT2D eigenvalue weighted by Gasteiger charge is -2.39. The minimum atomic E-state index is -7.93. The average molecular weight is 1960 g/mol. The summed E-state index contributed by atoms with van der Waals surface area (Å²) in [7, 11) is 0. The van der Waals surface area contributed by atoms with Gasteiger partial charge in [0, 0.05) is 10.8 Å². The van der Waals surface area contributed by atoms with Crippen molar-refractivity contribution in [1.29, 1.82) is 0 Å². The van der Waals surface area contributed by atoms with Crippen molar-refractivity contribution in [3.8, 4) is 24.0 Å². The highest BCUT2D eigenvalue weighted by Crippen LogP contribution is 2.61. The number of alkyl halides is 52. The van der Waals surface area contributed by atoms with Gasteiger partial charge in [0.1, 0.15) is 0 Å². The van der Waals surface area contributed by atoms with E-state index in [1.807, 2.05) is 18.9 Å². The zero-order valence-electron chi connectivity index (χ0n) is 56.9. The van der Waals surface area contributed by atoms with Gasteiger partial charge in [0.25, 0.3) is 0 Å². The third-order valence-electron chi connectivity index (χ3n) is 14.2. The normalized spacial score (nSPS) is 15.5. The van der Waals surface area contributed by atoms with Crippen molar-refractivity contribution in [3.63, 3.8) is 0 Å². The van der Waals surface area contributed by atoms with Gasteiger partial charge in [-0.2, -0.15) is 248 Å². The first-order valence-corrected chi connectivity index (χ1v) is 30.0. The summed E-state index contributed by atoms with van der Waals surface area (Å²) in [5, 5.41) is -2.77. The number of aromatic nitrogens is 6. The number of nitrogens with zero attached hydrogens (tertiary/aromatic N) is 8. The van der Waals surface area contributed by atoms with Gasteiger partial charge in [0.05, 0.1) is 22.7 Å². The molecule has 20 nitrogen and oxygen atoms in total. The van der Waals surface area contributed by atoms with Crippen molar-refractivity contribution in [2.75, 3.05) is 36.2 Å². The monoisotopic (exact) mass is 1960 g/mol. The summed E-state index contributed by atoms with van der Waals surface area (Å²) < 4.78 is 759. The maximum atomic E-state index is 15.5. The topological polar surface area (TPSA) is 195 Å². The molecule has 0 fully saturated rings. The SMILES string of the molecule is FC(F)(F)C(F)(F)OC(F)(F)C(F)(F)OC(F)(F)C(F)(F)COc1nc(OCC(F)(F)C(F)(F)OC(F)(F)C(F)(F)OC(F)(F)C(F)(F)F)nc(N2c3ccc4ccccc4c3N(c3nc(OCC(F)(F)C(F)(F)OC(F)(F)C(F)(F)OC(F)(F)C(F)(F)F)nc(OCC(F)(F)C(F)(F)OC(F)(F)C(F)(F)OC(F)(F)C(F)(F)F)n3)c3ccc4ccccc4c32)n1. The lowest BCUT2D eigenvalue weighted by atomic mass is 9.98. The highest BCUT2D eigenvalue weighted by molar-refractivity contribution is 6.16. The van der Waals surface area contributed by atoms with Crippen LogP contribution < -0.4 is 28.7 Å². The molecule has 1 aliphatic heterocycles. The number of anilines is 6. The summed E-state index contributed by atoms with van der Waals surface area (Å²) in [6.45, 7) is -15.4. The van der Waals surface area contributed by atoms with E-state index in [0.717, 1.165) is 36.4 Å². The predicted molar refractivity (Wildman–Crippen MR) is 285 cm³/mol. The molecule has 0 amide bonds. The third kappa shape index (κ3) is 20.7. The number of benzene rings is 4. The van der Waals surface area contributed by atoms with Crippen LogP contribution in [0.3, 0.4) is 0 Å². The fourth-order valence-corrected chi connectivity index (χ4v) is 8.34. The van der Waals surface area contributed by atoms with Gasteiger partial charge in [-0.15, -0.1) is 9.97 Å². The maximum absolute atomic E-state index is 15.5. The molecule has 0 atom stereocenters.